The Labute approximate surface area is 265 Å². The van der Waals surface area contributed by atoms with E-state index in [0.717, 1.165) is 90.5 Å². The summed E-state index contributed by atoms with van der Waals surface area (Å²) in [6, 6.07) is 17.4. The summed E-state index contributed by atoms with van der Waals surface area (Å²) >= 11 is 1.52. The molecule has 2 aliphatic rings. The fourth-order valence-electron chi connectivity index (χ4n) is 6.26. The van der Waals surface area contributed by atoms with Crippen LogP contribution in [0.1, 0.15) is 24.6 Å². The van der Waals surface area contributed by atoms with E-state index >= 15 is 0 Å². The summed E-state index contributed by atoms with van der Waals surface area (Å²) in [5, 5.41) is 17.4. The van der Waals surface area contributed by atoms with Crippen molar-refractivity contribution in [2.75, 3.05) is 49.6 Å². The number of aryl methyl sites for hydroxylation is 1. The number of carbonyl (C=O) groups excluding carboxylic acids is 1. The second-order valence-corrected chi connectivity index (χ2v) is 12.4. The fraction of sp³-hybridized carbons (Fsp3) is 0.333. The first kappa shape index (κ1) is 29.2. The van der Waals surface area contributed by atoms with E-state index in [1.807, 2.05) is 51.0 Å². The molecule has 2 saturated heterocycles. The van der Waals surface area contributed by atoms with Crippen molar-refractivity contribution in [2.45, 2.75) is 32.4 Å². The number of nitrogens with zero attached hydrogens (tertiary/aromatic N) is 8. The van der Waals surface area contributed by atoms with Crippen LogP contribution in [0.4, 0.5) is 21.2 Å². The quantitative estimate of drug-likeness (QED) is 0.259. The normalized spacial score (nSPS) is 17.5. The molecular weight excluding hydrogens is 591 g/mol. The molecule has 2 fully saturated rings. The number of phenolic OH excluding ortho intramolecular Hbond substituents is 1. The van der Waals surface area contributed by atoms with Crippen LogP contribution in [0.25, 0.3) is 16.9 Å². The molecule has 1 N–H and O–H groups in total. The third-order valence-electron chi connectivity index (χ3n) is 8.74. The van der Waals surface area contributed by atoms with Crippen molar-refractivity contribution in [3.63, 3.8) is 0 Å². The van der Waals surface area contributed by atoms with Gasteiger partial charge in [0.05, 0.1) is 17.4 Å². The van der Waals surface area contributed by atoms with E-state index < -0.39 is 0 Å². The number of carbonyl (C=O) groups is 1. The highest BCUT2D eigenvalue weighted by Gasteiger charge is 2.37. The van der Waals surface area contributed by atoms with Crippen LogP contribution >= 0.6 is 11.3 Å². The van der Waals surface area contributed by atoms with E-state index in [1.54, 1.807) is 24.3 Å². The van der Waals surface area contributed by atoms with Gasteiger partial charge in [0, 0.05) is 57.3 Å². The summed E-state index contributed by atoms with van der Waals surface area (Å²) in [6.07, 6.45) is 1.57. The van der Waals surface area contributed by atoms with Crippen LogP contribution < -0.4 is 9.80 Å². The maximum atomic E-state index is 13.4. The molecule has 0 spiro atoms. The molecule has 0 radical (unpaired) electrons. The van der Waals surface area contributed by atoms with Crippen molar-refractivity contribution in [2.24, 2.45) is 0 Å². The van der Waals surface area contributed by atoms with Gasteiger partial charge in [0.15, 0.2) is 16.6 Å². The van der Waals surface area contributed by atoms with Gasteiger partial charge in [0.2, 0.25) is 5.91 Å². The minimum Gasteiger partial charge on any atom is -0.508 e. The molecule has 10 nitrogen and oxygen atoms in total. The lowest BCUT2D eigenvalue weighted by atomic mass is 10.1. The Morgan fingerprint density at radius 2 is 1.73 bits per heavy atom. The second kappa shape index (κ2) is 12.1. The number of halogens is 1. The van der Waals surface area contributed by atoms with Gasteiger partial charge in [-0.05, 0) is 66.9 Å². The highest BCUT2D eigenvalue weighted by atomic mass is 32.1. The standard InChI is InChI=1S/C33H35FN8O2S/c1-3-26-31(38(2)33-36-27(21-45-33)23-6-8-24(34)9-7-23)42-29(35-26)12-13-30(37-42)40-18-16-39(17-19-40)28-14-15-41(32(28)44)20-22-4-10-25(43)11-5-22/h4-13,21,28,43H,3,14-20H2,1-2H3. The van der Waals surface area contributed by atoms with Gasteiger partial charge in [0.25, 0.3) is 0 Å². The Bertz CT molecular complexity index is 1820. The van der Waals surface area contributed by atoms with Gasteiger partial charge < -0.3 is 19.8 Å². The van der Waals surface area contributed by atoms with Crippen molar-refractivity contribution in [3.05, 3.63) is 83.1 Å². The number of fused-ring (bicyclic) bond motifs is 1. The van der Waals surface area contributed by atoms with Crippen molar-refractivity contribution >= 4 is 39.7 Å². The summed E-state index contributed by atoms with van der Waals surface area (Å²) in [6.45, 7) is 6.50. The topological polar surface area (TPSA) is 93.3 Å². The highest BCUT2D eigenvalue weighted by Crippen LogP contribution is 2.34. The number of benzene rings is 2. The van der Waals surface area contributed by atoms with E-state index in [9.17, 15) is 14.3 Å². The number of hydrogen-bond donors (Lipinski definition) is 1. The predicted octanol–water partition coefficient (Wildman–Crippen LogP) is 4.95. The van der Waals surface area contributed by atoms with E-state index in [1.165, 1.54) is 23.5 Å². The van der Waals surface area contributed by atoms with Gasteiger partial charge in [-0.1, -0.05) is 19.1 Å². The zero-order chi connectivity index (χ0) is 31.1. The number of rotatable bonds is 8. The molecule has 1 atom stereocenters. The van der Waals surface area contributed by atoms with Crippen molar-refractivity contribution < 1.29 is 14.3 Å². The first-order chi connectivity index (χ1) is 21.9. The van der Waals surface area contributed by atoms with Gasteiger partial charge in [0.1, 0.15) is 17.4 Å². The Balaban J connectivity index is 1.05. The van der Waals surface area contributed by atoms with Crippen molar-refractivity contribution in [1.29, 1.82) is 0 Å². The monoisotopic (exact) mass is 626 g/mol. The molecule has 45 heavy (non-hydrogen) atoms. The molecule has 2 aliphatic heterocycles. The van der Waals surface area contributed by atoms with Crippen LogP contribution in [0.3, 0.4) is 0 Å². The van der Waals surface area contributed by atoms with Crippen LogP contribution in [0.5, 0.6) is 5.75 Å². The summed E-state index contributed by atoms with van der Waals surface area (Å²) in [4.78, 5) is 31.5. The zero-order valence-corrected chi connectivity index (χ0v) is 26.1. The molecule has 0 aliphatic carbocycles. The number of phenols is 1. The maximum Gasteiger partial charge on any atom is 0.240 e. The third-order valence-corrected chi connectivity index (χ3v) is 9.66. The van der Waals surface area contributed by atoms with Crippen LogP contribution in [-0.2, 0) is 17.8 Å². The minimum absolute atomic E-state index is 0.0983. The molecule has 0 saturated carbocycles. The molecule has 12 heteroatoms. The number of aromatic nitrogens is 4. The summed E-state index contributed by atoms with van der Waals surface area (Å²) in [5.41, 5.74) is 4.39. The first-order valence-electron chi connectivity index (χ1n) is 15.3. The average molecular weight is 627 g/mol. The van der Waals surface area contributed by atoms with Gasteiger partial charge in [-0.3, -0.25) is 9.69 Å². The summed E-state index contributed by atoms with van der Waals surface area (Å²) in [7, 11) is 1.98. The summed E-state index contributed by atoms with van der Waals surface area (Å²) < 4.78 is 15.4. The fourth-order valence-corrected chi connectivity index (χ4v) is 7.07. The number of thiazole rings is 1. The number of anilines is 3. The lowest BCUT2D eigenvalue weighted by Gasteiger charge is -2.37. The maximum absolute atomic E-state index is 13.4. The SMILES string of the molecule is CCc1nc2ccc(N3CCN(C4CCN(Cc5ccc(O)cc5)C4=O)CC3)nn2c1N(C)c1nc(-c2ccc(F)cc2)cs1. The molecule has 3 aromatic heterocycles. The predicted molar refractivity (Wildman–Crippen MR) is 174 cm³/mol. The van der Waals surface area contributed by atoms with E-state index in [0.29, 0.717) is 6.54 Å². The molecule has 5 heterocycles. The Morgan fingerprint density at radius 1 is 0.978 bits per heavy atom. The second-order valence-electron chi connectivity index (χ2n) is 11.5. The molecule has 5 aromatic rings. The highest BCUT2D eigenvalue weighted by molar-refractivity contribution is 7.14. The lowest BCUT2D eigenvalue weighted by Crippen LogP contribution is -2.52. The molecule has 1 amide bonds. The Hall–Kier alpha value is -4.55. The van der Waals surface area contributed by atoms with Crippen molar-refractivity contribution in [3.8, 4) is 17.0 Å². The van der Waals surface area contributed by atoms with E-state index in [2.05, 4.69) is 16.7 Å². The van der Waals surface area contributed by atoms with E-state index in [4.69, 9.17) is 15.1 Å². The molecule has 7 rings (SSSR count). The number of aromatic hydroxyl groups is 1. The van der Waals surface area contributed by atoms with Gasteiger partial charge >= 0.3 is 0 Å². The first-order valence-corrected chi connectivity index (χ1v) is 16.2. The number of amides is 1. The molecule has 1 unspecified atom stereocenters. The van der Waals surface area contributed by atoms with Gasteiger partial charge in [-0.2, -0.15) is 4.52 Å². The van der Waals surface area contributed by atoms with Gasteiger partial charge in [-0.25, -0.2) is 14.4 Å². The third kappa shape index (κ3) is 5.71. The molecular formula is C33H35FN8O2S. The van der Waals surface area contributed by atoms with E-state index in [-0.39, 0.29) is 23.5 Å². The smallest absolute Gasteiger partial charge is 0.240 e. The number of likely N-dealkylation sites (tertiary alicyclic amines) is 1. The average Bonchev–Trinajstić information content (AvgIpc) is 3.79. The molecule has 0 bridgehead atoms. The Kier molecular flexibility index (Phi) is 7.84. The van der Waals surface area contributed by atoms with Gasteiger partial charge in [-0.15, -0.1) is 16.4 Å². The van der Waals surface area contributed by atoms with Crippen LogP contribution in [0.2, 0.25) is 0 Å². The number of piperazine rings is 1. The molecule has 232 valence electrons. The summed E-state index contributed by atoms with van der Waals surface area (Å²) in [5.74, 6) is 1.88. The number of hydrogen-bond acceptors (Lipinski definition) is 9. The van der Waals surface area contributed by atoms with Crippen LogP contribution in [-0.4, -0.2) is 86.2 Å². The number of imidazole rings is 1. The zero-order valence-electron chi connectivity index (χ0n) is 25.3. The van der Waals surface area contributed by atoms with Crippen molar-refractivity contribution in [1.82, 2.24) is 29.4 Å². The minimum atomic E-state index is -0.270. The lowest BCUT2D eigenvalue weighted by molar-refractivity contribution is -0.132. The molecule has 2 aromatic carbocycles. The van der Waals surface area contributed by atoms with Crippen LogP contribution in [0.15, 0.2) is 66.0 Å². The Morgan fingerprint density at radius 3 is 2.47 bits per heavy atom. The largest absolute Gasteiger partial charge is 0.508 e. The van der Waals surface area contributed by atoms with Crippen LogP contribution in [0, 0.1) is 5.82 Å².